The molecule has 2 heterocycles. The largest absolute Gasteiger partial charge is 0.456 e. The Morgan fingerprint density at radius 2 is 1.11 bits per heavy atom. The molecule has 0 N–H and O–H groups in total. The molecule has 0 aliphatic heterocycles. The van der Waals surface area contributed by atoms with Crippen LogP contribution in [-0.4, -0.2) is 4.57 Å². The average molecular weight is 601 g/mol. The van der Waals surface area contributed by atoms with Gasteiger partial charge in [0.2, 0.25) is 0 Å². The maximum Gasteiger partial charge on any atom is 0.137 e. The molecule has 2 aromatic heterocycles. The van der Waals surface area contributed by atoms with E-state index >= 15 is 0 Å². The van der Waals surface area contributed by atoms with Crippen molar-refractivity contribution in [3.8, 4) is 5.69 Å². The second kappa shape index (κ2) is 10.1. The van der Waals surface area contributed by atoms with E-state index in [9.17, 15) is 0 Å². The van der Waals surface area contributed by atoms with Crippen LogP contribution in [0.15, 0.2) is 174 Å². The zero-order valence-electron chi connectivity index (χ0n) is 25.5. The number of aromatic nitrogens is 1. The number of benzene rings is 8. The van der Waals surface area contributed by atoms with Gasteiger partial charge in [-0.05, 0) is 94.3 Å². The molecule has 0 aliphatic carbocycles. The van der Waals surface area contributed by atoms with E-state index in [1.165, 1.54) is 43.4 Å². The second-order valence-electron chi connectivity index (χ2n) is 12.2. The normalized spacial score (nSPS) is 11.8. The minimum Gasteiger partial charge on any atom is -0.456 e. The van der Waals surface area contributed by atoms with Gasteiger partial charge in [0.25, 0.3) is 0 Å². The number of furan rings is 1. The summed E-state index contributed by atoms with van der Waals surface area (Å²) >= 11 is 0. The highest BCUT2D eigenvalue weighted by Crippen LogP contribution is 2.45. The molecular formula is C44H28N2O. The summed E-state index contributed by atoms with van der Waals surface area (Å²) in [5.74, 6) is 0. The number of anilines is 3. The topological polar surface area (TPSA) is 21.3 Å². The van der Waals surface area contributed by atoms with Crippen molar-refractivity contribution in [3.05, 3.63) is 170 Å². The smallest absolute Gasteiger partial charge is 0.137 e. The van der Waals surface area contributed by atoms with Crippen LogP contribution in [0.3, 0.4) is 0 Å². The fourth-order valence-electron chi connectivity index (χ4n) is 7.46. The first-order valence-electron chi connectivity index (χ1n) is 16.0. The molecule has 220 valence electrons. The van der Waals surface area contributed by atoms with E-state index in [0.29, 0.717) is 0 Å². The molecule has 10 rings (SSSR count). The van der Waals surface area contributed by atoms with Crippen molar-refractivity contribution >= 4 is 82.4 Å². The molecule has 47 heavy (non-hydrogen) atoms. The lowest BCUT2D eigenvalue weighted by molar-refractivity contribution is 0.669. The standard InChI is InChI=1S/C44H28N2O/c1-3-15-32(16-4-1)45(39-20-11-21-41-44(39)37-26-30-13-7-8-14-31(30)27-42(37)47-41)34-23-25-38-36(28-34)43-35-19-10-9-12-29(35)22-24-40(43)46(38)33-17-5-2-6-18-33/h1-28H. The van der Waals surface area contributed by atoms with Gasteiger partial charge in [0.05, 0.1) is 22.1 Å². The third-order valence-electron chi connectivity index (χ3n) is 9.51. The van der Waals surface area contributed by atoms with Crippen LogP contribution >= 0.6 is 0 Å². The third kappa shape index (κ3) is 3.93. The van der Waals surface area contributed by atoms with Crippen LogP contribution in [0.2, 0.25) is 0 Å². The van der Waals surface area contributed by atoms with E-state index in [0.717, 1.165) is 44.7 Å². The molecular weight excluding hydrogens is 572 g/mol. The van der Waals surface area contributed by atoms with Crippen LogP contribution < -0.4 is 4.90 Å². The van der Waals surface area contributed by atoms with Crippen molar-refractivity contribution in [3.63, 3.8) is 0 Å². The highest BCUT2D eigenvalue weighted by Gasteiger charge is 2.22. The molecule has 0 radical (unpaired) electrons. The summed E-state index contributed by atoms with van der Waals surface area (Å²) in [5, 5.41) is 9.56. The Morgan fingerprint density at radius 3 is 1.94 bits per heavy atom. The predicted molar refractivity (Wildman–Crippen MR) is 198 cm³/mol. The number of para-hydroxylation sites is 2. The van der Waals surface area contributed by atoms with Gasteiger partial charge in [-0.3, -0.25) is 0 Å². The first kappa shape index (κ1) is 26.0. The van der Waals surface area contributed by atoms with Gasteiger partial charge in [0.1, 0.15) is 11.2 Å². The Balaban J connectivity index is 1.30. The van der Waals surface area contributed by atoms with Crippen LogP contribution in [0.4, 0.5) is 17.1 Å². The van der Waals surface area contributed by atoms with Gasteiger partial charge in [0, 0.05) is 33.2 Å². The van der Waals surface area contributed by atoms with Crippen molar-refractivity contribution in [2.75, 3.05) is 4.90 Å². The van der Waals surface area contributed by atoms with E-state index in [-0.39, 0.29) is 0 Å². The van der Waals surface area contributed by atoms with Crippen molar-refractivity contribution in [2.24, 2.45) is 0 Å². The summed E-state index contributed by atoms with van der Waals surface area (Å²) in [6, 6.07) is 60.8. The molecule has 0 unspecified atom stereocenters. The van der Waals surface area contributed by atoms with Crippen LogP contribution in [0.25, 0.3) is 71.0 Å². The molecule has 0 amide bonds. The van der Waals surface area contributed by atoms with Gasteiger partial charge in [-0.2, -0.15) is 0 Å². The number of hydrogen-bond acceptors (Lipinski definition) is 2. The van der Waals surface area contributed by atoms with E-state index in [4.69, 9.17) is 4.42 Å². The highest BCUT2D eigenvalue weighted by molar-refractivity contribution is 6.22. The average Bonchev–Trinajstić information content (AvgIpc) is 3.67. The first-order chi connectivity index (χ1) is 23.3. The Hall–Kier alpha value is -6.32. The number of nitrogens with zero attached hydrogens (tertiary/aromatic N) is 2. The molecule has 0 saturated heterocycles. The summed E-state index contributed by atoms with van der Waals surface area (Å²) in [7, 11) is 0. The molecule has 3 heteroatoms. The van der Waals surface area contributed by atoms with E-state index in [1.54, 1.807) is 0 Å². The van der Waals surface area contributed by atoms with E-state index in [1.807, 2.05) is 0 Å². The predicted octanol–water partition coefficient (Wildman–Crippen LogP) is 12.5. The number of hydrogen-bond donors (Lipinski definition) is 0. The van der Waals surface area contributed by atoms with Crippen molar-refractivity contribution in [1.82, 2.24) is 4.57 Å². The fourth-order valence-corrected chi connectivity index (χ4v) is 7.46. The quantitative estimate of drug-likeness (QED) is 0.200. The second-order valence-corrected chi connectivity index (χ2v) is 12.2. The van der Waals surface area contributed by atoms with Crippen LogP contribution in [0.5, 0.6) is 0 Å². The van der Waals surface area contributed by atoms with Gasteiger partial charge >= 0.3 is 0 Å². The van der Waals surface area contributed by atoms with Gasteiger partial charge < -0.3 is 13.9 Å². The molecule has 8 aromatic carbocycles. The molecule has 0 bridgehead atoms. The van der Waals surface area contributed by atoms with Crippen LogP contribution in [0.1, 0.15) is 0 Å². The van der Waals surface area contributed by atoms with Crippen LogP contribution in [0, 0.1) is 0 Å². The lowest BCUT2D eigenvalue weighted by atomic mass is 10.0. The Morgan fingerprint density at radius 1 is 0.404 bits per heavy atom. The highest BCUT2D eigenvalue weighted by atomic mass is 16.3. The van der Waals surface area contributed by atoms with Crippen LogP contribution in [-0.2, 0) is 0 Å². The number of rotatable bonds is 4. The van der Waals surface area contributed by atoms with Crippen molar-refractivity contribution in [1.29, 1.82) is 0 Å². The Bertz CT molecular complexity index is 2790. The van der Waals surface area contributed by atoms with Gasteiger partial charge in [-0.25, -0.2) is 0 Å². The monoisotopic (exact) mass is 600 g/mol. The van der Waals surface area contributed by atoms with E-state index in [2.05, 4.69) is 179 Å². The van der Waals surface area contributed by atoms with Crippen molar-refractivity contribution in [2.45, 2.75) is 0 Å². The summed E-state index contributed by atoms with van der Waals surface area (Å²) in [6.45, 7) is 0. The van der Waals surface area contributed by atoms with Crippen molar-refractivity contribution < 1.29 is 4.42 Å². The first-order valence-corrected chi connectivity index (χ1v) is 16.0. The van der Waals surface area contributed by atoms with E-state index < -0.39 is 0 Å². The molecule has 0 fully saturated rings. The third-order valence-corrected chi connectivity index (χ3v) is 9.51. The summed E-state index contributed by atoms with van der Waals surface area (Å²) in [5.41, 5.74) is 8.56. The molecule has 0 saturated carbocycles. The minimum absolute atomic E-state index is 0.876. The maximum absolute atomic E-state index is 6.52. The van der Waals surface area contributed by atoms with Gasteiger partial charge in [-0.1, -0.05) is 97.1 Å². The summed E-state index contributed by atoms with van der Waals surface area (Å²) in [4.78, 5) is 2.38. The molecule has 0 atom stereocenters. The van der Waals surface area contributed by atoms with Gasteiger partial charge in [0.15, 0.2) is 0 Å². The maximum atomic E-state index is 6.52. The zero-order valence-corrected chi connectivity index (χ0v) is 25.5. The molecule has 3 nitrogen and oxygen atoms in total. The number of fused-ring (bicyclic) bond motifs is 9. The Labute approximate surface area is 271 Å². The SMILES string of the molecule is c1ccc(N(c2ccc3c(c2)c2c4ccccc4ccc2n3-c2ccccc2)c2cccc3oc4cc5ccccc5cc4c23)cc1. The minimum atomic E-state index is 0.876. The zero-order chi connectivity index (χ0) is 30.9. The Kier molecular flexibility index (Phi) is 5.57. The molecule has 10 aromatic rings. The molecule has 0 spiro atoms. The lowest BCUT2D eigenvalue weighted by Gasteiger charge is -2.26. The van der Waals surface area contributed by atoms with Gasteiger partial charge in [-0.15, -0.1) is 0 Å². The molecule has 0 aliphatic rings. The lowest BCUT2D eigenvalue weighted by Crippen LogP contribution is -2.10. The summed E-state index contributed by atoms with van der Waals surface area (Å²) in [6.07, 6.45) is 0. The summed E-state index contributed by atoms with van der Waals surface area (Å²) < 4.78 is 8.91. The fraction of sp³-hybridized carbons (Fsp3) is 0.